The molecule has 1 aliphatic heterocycles. The van der Waals surface area contributed by atoms with Crippen LogP contribution in [0.15, 0.2) is 12.8 Å². The molecule has 0 atom stereocenters. The lowest BCUT2D eigenvalue weighted by Gasteiger charge is -2.25. The van der Waals surface area contributed by atoms with Gasteiger partial charge >= 0.3 is 0 Å². The Bertz CT molecular complexity index is 97.4. The van der Waals surface area contributed by atoms with Crippen molar-refractivity contribution >= 4 is 0 Å². The standard InChI is InChI=1S/C8H15NO/c1-2-10-8-9-6-4-3-5-7-9/h2H,1,3-8H2. The summed E-state index contributed by atoms with van der Waals surface area (Å²) in [6.45, 7) is 6.60. The molecule has 0 spiro atoms. The lowest BCUT2D eigenvalue weighted by atomic mass is 10.1. The Morgan fingerprint density at radius 2 is 2.00 bits per heavy atom. The zero-order valence-electron chi connectivity index (χ0n) is 6.38. The summed E-state index contributed by atoms with van der Waals surface area (Å²) in [5, 5.41) is 0. The highest BCUT2D eigenvalue weighted by molar-refractivity contribution is 4.61. The fraction of sp³-hybridized carbons (Fsp3) is 0.750. The molecular formula is C8H15NO. The molecule has 1 fully saturated rings. The van der Waals surface area contributed by atoms with Gasteiger partial charge in [-0.15, -0.1) is 0 Å². The van der Waals surface area contributed by atoms with Crippen molar-refractivity contribution in [3.63, 3.8) is 0 Å². The van der Waals surface area contributed by atoms with Crippen LogP contribution in [0.1, 0.15) is 19.3 Å². The molecule has 2 heteroatoms. The number of piperidine rings is 1. The molecule has 1 saturated heterocycles. The van der Waals surface area contributed by atoms with Gasteiger partial charge in [0, 0.05) is 13.1 Å². The lowest BCUT2D eigenvalue weighted by molar-refractivity contribution is 0.0755. The SMILES string of the molecule is C=COCN1CCCCC1. The van der Waals surface area contributed by atoms with Crippen molar-refractivity contribution in [1.29, 1.82) is 0 Å². The van der Waals surface area contributed by atoms with Crippen molar-refractivity contribution < 1.29 is 4.74 Å². The normalized spacial score (nSPS) is 20.4. The molecule has 1 aliphatic rings. The van der Waals surface area contributed by atoms with Gasteiger partial charge in [-0.05, 0) is 12.8 Å². The van der Waals surface area contributed by atoms with Crippen LogP contribution in [0.4, 0.5) is 0 Å². The molecular weight excluding hydrogens is 126 g/mol. The van der Waals surface area contributed by atoms with Crippen molar-refractivity contribution in [1.82, 2.24) is 4.90 Å². The van der Waals surface area contributed by atoms with Crippen LogP contribution >= 0.6 is 0 Å². The Labute approximate surface area is 62.5 Å². The first kappa shape index (κ1) is 7.61. The molecule has 0 amide bonds. The third kappa shape index (κ3) is 2.40. The number of nitrogens with zero attached hydrogens (tertiary/aromatic N) is 1. The molecule has 2 nitrogen and oxygen atoms in total. The summed E-state index contributed by atoms with van der Waals surface area (Å²) in [5.74, 6) is 0. The summed E-state index contributed by atoms with van der Waals surface area (Å²) < 4.78 is 5.06. The van der Waals surface area contributed by atoms with E-state index in [4.69, 9.17) is 4.74 Å². The molecule has 0 unspecified atom stereocenters. The van der Waals surface area contributed by atoms with Crippen LogP contribution in [0.3, 0.4) is 0 Å². The van der Waals surface area contributed by atoms with E-state index in [-0.39, 0.29) is 0 Å². The van der Waals surface area contributed by atoms with Gasteiger partial charge in [-0.1, -0.05) is 13.0 Å². The summed E-state index contributed by atoms with van der Waals surface area (Å²) >= 11 is 0. The predicted molar refractivity (Wildman–Crippen MR) is 41.6 cm³/mol. The Hall–Kier alpha value is -0.500. The number of ether oxygens (including phenoxy) is 1. The average molecular weight is 141 g/mol. The molecule has 1 rings (SSSR count). The van der Waals surface area contributed by atoms with Crippen LogP contribution in [0.2, 0.25) is 0 Å². The van der Waals surface area contributed by atoms with Crippen LogP contribution in [0.25, 0.3) is 0 Å². The van der Waals surface area contributed by atoms with E-state index in [1.165, 1.54) is 38.6 Å². The van der Waals surface area contributed by atoms with Crippen LogP contribution in [-0.4, -0.2) is 24.7 Å². The second kappa shape index (κ2) is 4.34. The van der Waals surface area contributed by atoms with Crippen LogP contribution in [0.5, 0.6) is 0 Å². The van der Waals surface area contributed by atoms with E-state index >= 15 is 0 Å². The maximum atomic E-state index is 5.06. The maximum Gasteiger partial charge on any atom is 0.141 e. The van der Waals surface area contributed by atoms with Crippen molar-refractivity contribution in [2.24, 2.45) is 0 Å². The minimum absolute atomic E-state index is 0.726. The molecule has 1 heterocycles. The van der Waals surface area contributed by atoms with E-state index in [1.54, 1.807) is 0 Å². The Morgan fingerprint density at radius 1 is 1.30 bits per heavy atom. The largest absolute Gasteiger partial charge is 0.486 e. The van der Waals surface area contributed by atoms with Crippen molar-refractivity contribution in [3.05, 3.63) is 12.8 Å². The summed E-state index contributed by atoms with van der Waals surface area (Å²) in [5.41, 5.74) is 0. The monoisotopic (exact) mass is 141 g/mol. The minimum atomic E-state index is 0.726. The molecule has 58 valence electrons. The fourth-order valence-electron chi connectivity index (χ4n) is 1.25. The van der Waals surface area contributed by atoms with Crippen molar-refractivity contribution in [2.45, 2.75) is 19.3 Å². The average Bonchev–Trinajstić information content (AvgIpc) is 2.03. The quantitative estimate of drug-likeness (QED) is 0.553. The molecule has 0 radical (unpaired) electrons. The van der Waals surface area contributed by atoms with Gasteiger partial charge < -0.3 is 4.74 Å². The maximum absolute atomic E-state index is 5.06. The minimum Gasteiger partial charge on any atom is -0.486 e. The Morgan fingerprint density at radius 3 is 2.60 bits per heavy atom. The van der Waals surface area contributed by atoms with E-state index in [2.05, 4.69) is 11.5 Å². The van der Waals surface area contributed by atoms with Gasteiger partial charge in [-0.25, -0.2) is 0 Å². The van der Waals surface area contributed by atoms with E-state index in [0.29, 0.717) is 0 Å². The highest BCUT2D eigenvalue weighted by Crippen LogP contribution is 2.07. The van der Waals surface area contributed by atoms with E-state index in [0.717, 1.165) is 6.73 Å². The van der Waals surface area contributed by atoms with Gasteiger partial charge in [-0.2, -0.15) is 0 Å². The first-order valence-corrected chi connectivity index (χ1v) is 3.88. The van der Waals surface area contributed by atoms with Crippen molar-refractivity contribution in [2.75, 3.05) is 19.8 Å². The van der Waals surface area contributed by atoms with E-state index < -0.39 is 0 Å². The molecule has 0 bridgehead atoms. The molecule has 0 aromatic heterocycles. The number of hydrogen-bond donors (Lipinski definition) is 0. The zero-order valence-corrected chi connectivity index (χ0v) is 6.38. The first-order chi connectivity index (χ1) is 4.93. The second-order valence-electron chi connectivity index (χ2n) is 2.64. The van der Waals surface area contributed by atoms with E-state index in [1.807, 2.05) is 0 Å². The highest BCUT2D eigenvalue weighted by atomic mass is 16.5. The highest BCUT2D eigenvalue weighted by Gasteiger charge is 2.08. The van der Waals surface area contributed by atoms with Crippen molar-refractivity contribution in [3.8, 4) is 0 Å². The van der Waals surface area contributed by atoms with Gasteiger partial charge in [0.15, 0.2) is 0 Å². The molecule has 10 heavy (non-hydrogen) atoms. The summed E-state index contributed by atoms with van der Waals surface area (Å²) in [6.07, 6.45) is 5.53. The molecule has 0 N–H and O–H groups in total. The topological polar surface area (TPSA) is 12.5 Å². The van der Waals surface area contributed by atoms with Gasteiger partial charge in [-0.3, -0.25) is 4.90 Å². The molecule has 0 aliphatic carbocycles. The van der Waals surface area contributed by atoms with Gasteiger partial charge in [0.25, 0.3) is 0 Å². The number of hydrogen-bond acceptors (Lipinski definition) is 2. The first-order valence-electron chi connectivity index (χ1n) is 3.88. The summed E-state index contributed by atoms with van der Waals surface area (Å²) in [7, 11) is 0. The van der Waals surface area contributed by atoms with Gasteiger partial charge in [0.05, 0.1) is 6.26 Å². The number of rotatable bonds is 3. The van der Waals surface area contributed by atoms with E-state index in [9.17, 15) is 0 Å². The Kier molecular flexibility index (Phi) is 3.30. The Balaban J connectivity index is 2.07. The molecule has 0 aromatic carbocycles. The van der Waals surface area contributed by atoms with Gasteiger partial charge in [0.1, 0.15) is 6.73 Å². The molecule has 0 saturated carbocycles. The summed E-state index contributed by atoms with van der Waals surface area (Å²) in [4.78, 5) is 2.31. The zero-order chi connectivity index (χ0) is 7.23. The van der Waals surface area contributed by atoms with Crippen LogP contribution < -0.4 is 0 Å². The van der Waals surface area contributed by atoms with Gasteiger partial charge in [0.2, 0.25) is 0 Å². The van der Waals surface area contributed by atoms with Crippen LogP contribution in [-0.2, 0) is 4.74 Å². The smallest absolute Gasteiger partial charge is 0.141 e. The van der Waals surface area contributed by atoms with Crippen LogP contribution in [0, 0.1) is 0 Å². The second-order valence-corrected chi connectivity index (χ2v) is 2.64. The lowest BCUT2D eigenvalue weighted by Crippen LogP contribution is -2.31. The predicted octanol–water partition coefficient (Wildman–Crippen LogP) is 1.59. The third-order valence-electron chi connectivity index (χ3n) is 1.82. The summed E-state index contributed by atoms with van der Waals surface area (Å²) in [6, 6.07) is 0. The molecule has 0 aromatic rings. The fourth-order valence-corrected chi connectivity index (χ4v) is 1.25. The number of likely N-dealkylation sites (tertiary alicyclic amines) is 1. The third-order valence-corrected chi connectivity index (χ3v) is 1.82.